The van der Waals surface area contributed by atoms with Crippen molar-refractivity contribution in [3.05, 3.63) is 108 Å². The van der Waals surface area contributed by atoms with Gasteiger partial charge in [-0.15, -0.1) is 0 Å². The van der Waals surface area contributed by atoms with Crippen molar-refractivity contribution in [1.29, 1.82) is 0 Å². The van der Waals surface area contributed by atoms with E-state index < -0.39 is 23.5 Å². The van der Waals surface area contributed by atoms with Crippen molar-refractivity contribution in [1.82, 2.24) is 5.32 Å². The molecule has 0 unspecified atom stereocenters. The van der Waals surface area contributed by atoms with E-state index in [1.54, 1.807) is 0 Å². The minimum absolute atomic E-state index is 0. The van der Waals surface area contributed by atoms with Crippen LogP contribution in [0.3, 0.4) is 0 Å². The Kier molecular flexibility index (Phi) is 7.25. The minimum atomic E-state index is -1.26. The normalized spacial score (nSPS) is 11.8. The van der Waals surface area contributed by atoms with E-state index in [0.29, 0.717) is 0 Å². The zero-order chi connectivity index (χ0) is 20.0. The van der Waals surface area contributed by atoms with Gasteiger partial charge < -0.3 is 21.6 Å². The summed E-state index contributed by atoms with van der Waals surface area (Å²) in [5.74, 6) is -1.65. The van der Waals surface area contributed by atoms with Crippen LogP contribution < -0.4 is 11.1 Å². The lowest BCUT2D eigenvalue weighted by Crippen LogP contribution is -2.49. The van der Waals surface area contributed by atoms with Gasteiger partial charge in [-0.3, -0.25) is 9.59 Å². The van der Waals surface area contributed by atoms with Gasteiger partial charge in [-0.25, -0.2) is 0 Å². The summed E-state index contributed by atoms with van der Waals surface area (Å²) in [4.78, 5) is 23.9. The molecule has 150 valence electrons. The Balaban J connectivity index is 0.00000300. The molecule has 3 aromatic rings. The molecule has 6 heteroatoms. The van der Waals surface area contributed by atoms with E-state index in [9.17, 15) is 9.59 Å². The number of aliphatic carboxylic acids is 1. The van der Waals surface area contributed by atoms with Crippen molar-refractivity contribution in [2.45, 2.75) is 18.0 Å². The molecule has 6 nitrogen and oxygen atoms in total. The van der Waals surface area contributed by atoms with Crippen molar-refractivity contribution < 1.29 is 20.2 Å². The Bertz CT molecular complexity index is 834. The number of carboxylic acid groups (broad SMARTS) is 1. The molecule has 6 N–H and O–H groups in total. The first-order valence-corrected chi connectivity index (χ1v) is 9.00. The van der Waals surface area contributed by atoms with Crippen LogP contribution >= 0.6 is 0 Å². The van der Waals surface area contributed by atoms with Crippen molar-refractivity contribution in [2.75, 3.05) is 0 Å². The van der Waals surface area contributed by atoms with Gasteiger partial charge in [0.25, 0.3) is 0 Å². The highest BCUT2D eigenvalue weighted by atomic mass is 16.4. The monoisotopic (exact) mass is 392 g/mol. The lowest BCUT2D eigenvalue weighted by molar-refractivity contribution is -0.140. The number of benzene rings is 3. The van der Waals surface area contributed by atoms with Crippen LogP contribution in [0.2, 0.25) is 0 Å². The van der Waals surface area contributed by atoms with Gasteiger partial charge in [0.1, 0.15) is 11.6 Å². The second kappa shape index (κ2) is 9.64. The third-order valence-electron chi connectivity index (χ3n) is 4.67. The molecule has 1 atom stereocenters. The topological polar surface area (TPSA) is 124 Å². The number of rotatable bonds is 7. The van der Waals surface area contributed by atoms with Crippen molar-refractivity contribution in [3.63, 3.8) is 0 Å². The molecule has 0 aliphatic carbocycles. The molecule has 0 aliphatic heterocycles. The third kappa shape index (κ3) is 4.68. The highest BCUT2D eigenvalue weighted by Crippen LogP contribution is 2.36. The molecule has 0 aromatic heterocycles. The highest BCUT2D eigenvalue weighted by molar-refractivity contribution is 5.85. The summed E-state index contributed by atoms with van der Waals surface area (Å²) in [5.41, 5.74) is 7.22. The second-order valence-corrected chi connectivity index (χ2v) is 6.55. The summed E-state index contributed by atoms with van der Waals surface area (Å²) < 4.78 is 0. The molecule has 1 amide bonds. The summed E-state index contributed by atoms with van der Waals surface area (Å²) in [6.45, 7) is 0. The number of amides is 1. The number of hydrogen-bond acceptors (Lipinski definition) is 3. The maximum absolute atomic E-state index is 12.8. The quantitative estimate of drug-likeness (QED) is 0.532. The number of carbonyl (C=O) groups excluding carboxylic acids is 1. The van der Waals surface area contributed by atoms with E-state index in [0.717, 1.165) is 16.7 Å². The SMILES string of the molecule is N[C@H](CC(=O)NC(c1ccccc1)(c1ccccc1)c1ccccc1)C(=O)O.O. The van der Waals surface area contributed by atoms with Gasteiger partial charge in [-0.2, -0.15) is 0 Å². The van der Waals surface area contributed by atoms with Crippen LogP contribution in [-0.4, -0.2) is 28.5 Å². The van der Waals surface area contributed by atoms with Gasteiger partial charge in [0.2, 0.25) is 5.91 Å². The van der Waals surface area contributed by atoms with Crippen molar-refractivity contribution in [3.8, 4) is 0 Å². The Morgan fingerprint density at radius 2 is 1.14 bits per heavy atom. The second-order valence-electron chi connectivity index (χ2n) is 6.55. The van der Waals surface area contributed by atoms with Gasteiger partial charge >= 0.3 is 5.97 Å². The molecule has 0 aliphatic rings. The molecule has 3 aromatic carbocycles. The zero-order valence-corrected chi connectivity index (χ0v) is 15.8. The first-order chi connectivity index (χ1) is 13.5. The van der Waals surface area contributed by atoms with Crippen LogP contribution in [0.25, 0.3) is 0 Å². The van der Waals surface area contributed by atoms with Crippen molar-refractivity contribution in [2.24, 2.45) is 5.73 Å². The van der Waals surface area contributed by atoms with Crippen LogP contribution in [0.4, 0.5) is 0 Å². The fourth-order valence-electron chi connectivity index (χ4n) is 3.33. The summed E-state index contributed by atoms with van der Waals surface area (Å²) in [5, 5.41) is 12.2. The molecule has 3 rings (SSSR count). The maximum atomic E-state index is 12.8. The lowest BCUT2D eigenvalue weighted by atomic mass is 9.77. The van der Waals surface area contributed by atoms with Gasteiger partial charge in [0, 0.05) is 0 Å². The van der Waals surface area contributed by atoms with Crippen LogP contribution in [-0.2, 0) is 15.1 Å². The van der Waals surface area contributed by atoms with Crippen LogP contribution in [0.5, 0.6) is 0 Å². The molecular weight excluding hydrogens is 368 g/mol. The Labute approximate surface area is 169 Å². The van der Waals surface area contributed by atoms with E-state index in [1.165, 1.54) is 0 Å². The van der Waals surface area contributed by atoms with Crippen LogP contribution in [0.15, 0.2) is 91.0 Å². The fourth-order valence-corrected chi connectivity index (χ4v) is 3.33. The lowest BCUT2D eigenvalue weighted by Gasteiger charge is -2.37. The molecule has 29 heavy (non-hydrogen) atoms. The summed E-state index contributed by atoms with van der Waals surface area (Å²) in [7, 11) is 0. The first-order valence-electron chi connectivity index (χ1n) is 9.00. The Hall–Kier alpha value is -3.48. The minimum Gasteiger partial charge on any atom is -0.480 e. The molecule has 0 fully saturated rings. The molecule has 0 saturated carbocycles. The van der Waals surface area contributed by atoms with Gasteiger partial charge in [0.05, 0.1) is 6.42 Å². The number of nitrogens with one attached hydrogen (secondary N) is 1. The van der Waals surface area contributed by atoms with Crippen LogP contribution in [0, 0.1) is 0 Å². The molecular formula is C23H24N2O4. The smallest absolute Gasteiger partial charge is 0.321 e. The van der Waals surface area contributed by atoms with E-state index in [4.69, 9.17) is 10.8 Å². The standard InChI is InChI=1S/C23H22N2O3.H2O/c24-20(22(27)28)16-21(26)25-23(17-10-4-1-5-11-17,18-12-6-2-7-13-18)19-14-8-3-9-15-19;/h1-15,20H,16,24H2,(H,25,26)(H,27,28);1H2/t20-;/m1./s1. The van der Waals surface area contributed by atoms with Crippen molar-refractivity contribution >= 4 is 11.9 Å². The fraction of sp³-hybridized carbons (Fsp3) is 0.130. The first kappa shape index (κ1) is 21.8. The maximum Gasteiger partial charge on any atom is 0.321 e. The average Bonchev–Trinajstić information content (AvgIpc) is 2.74. The highest BCUT2D eigenvalue weighted by Gasteiger charge is 2.38. The van der Waals surface area contributed by atoms with Gasteiger partial charge in [-0.1, -0.05) is 91.0 Å². The summed E-state index contributed by atoms with van der Waals surface area (Å²) in [6.07, 6.45) is -0.316. The Morgan fingerprint density at radius 1 is 0.793 bits per heavy atom. The summed E-state index contributed by atoms with van der Waals surface area (Å²) >= 11 is 0. The molecule has 0 radical (unpaired) electrons. The van der Waals surface area contributed by atoms with E-state index in [-0.39, 0.29) is 11.9 Å². The molecule has 0 heterocycles. The van der Waals surface area contributed by atoms with E-state index in [1.807, 2.05) is 91.0 Å². The number of hydrogen-bond donors (Lipinski definition) is 3. The largest absolute Gasteiger partial charge is 0.480 e. The zero-order valence-electron chi connectivity index (χ0n) is 15.8. The predicted molar refractivity (Wildman–Crippen MR) is 111 cm³/mol. The van der Waals surface area contributed by atoms with E-state index >= 15 is 0 Å². The van der Waals surface area contributed by atoms with Gasteiger partial charge in [-0.05, 0) is 16.7 Å². The number of nitrogens with two attached hydrogens (primary N) is 1. The van der Waals surface area contributed by atoms with Gasteiger partial charge in [0.15, 0.2) is 0 Å². The summed E-state index contributed by atoms with van der Waals surface area (Å²) in [6, 6.07) is 27.6. The predicted octanol–water partition coefficient (Wildman–Crippen LogP) is 2.07. The Morgan fingerprint density at radius 3 is 1.45 bits per heavy atom. The third-order valence-corrected chi connectivity index (χ3v) is 4.67. The molecule has 0 spiro atoms. The van der Waals surface area contributed by atoms with E-state index in [2.05, 4.69) is 5.32 Å². The molecule has 0 bridgehead atoms. The number of carboxylic acids is 1. The average molecular weight is 392 g/mol. The van der Waals surface area contributed by atoms with Crippen LogP contribution in [0.1, 0.15) is 23.1 Å². The number of carbonyl (C=O) groups is 2. The molecule has 0 saturated heterocycles.